The molecular formula is C9H18NO5+. The van der Waals surface area contributed by atoms with Crippen LogP contribution in [0.5, 0.6) is 0 Å². The molecule has 0 saturated heterocycles. The summed E-state index contributed by atoms with van der Waals surface area (Å²) in [5, 5.41) is 26.7. The van der Waals surface area contributed by atoms with Crippen molar-refractivity contribution in [3.05, 3.63) is 0 Å². The second-order valence-electron chi connectivity index (χ2n) is 4.39. The van der Waals surface area contributed by atoms with E-state index in [0.717, 1.165) is 0 Å². The van der Waals surface area contributed by atoms with Gasteiger partial charge in [-0.1, -0.05) is 0 Å². The van der Waals surface area contributed by atoms with E-state index in [9.17, 15) is 9.59 Å². The summed E-state index contributed by atoms with van der Waals surface area (Å²) in [5.74, 6) is -2.38. The fraction of sp³-hybridized carbons (Fsp3) is 0.778. The molecule has 15 heavy (non-hydrogen) atoms. The molecule has 0 spiro atoms. The lowest BCUT2D eigenvalue weighted by Gasteiger charge is -2.41. The maximum Gasteiger partial charge on any atom is 0.366 e. The highest BCUT2D eigenvalue weighted by Crippen LogP contribution is 2.27. The molecule has 0 saturated carbocycles. The van der Waals surface area contributed by atoms with Crippen LogP contribution in [0.15, 0.2) is 0 Å². The molecule has 0 aliphatic carbocycles. The molecule has 0 aromatic heterocycles. The zero-order chi connectivity index (χ0) is 12.3. The first-order valence-corrected chi connectivity index (χ1v) is 4.55. The summed E-state index contributed by atoms with van der Waals surface area (Å²) >= 11 is 0. The van der Waals surface area contributed by atoms with Crippen molar-refractivity contribution in [1.29, 1.82) is 0 Å². The number of rotatable bonds is 6. The van der Waals surface area contributed by atoms with Gasteiger partial charge in [0, 0.05) is 13.0 Å². The van der Waals surface area contributed by atoms with E-state index in [1.165, 1.54) is 0 Å². The van der Waals surface area contributed by atoms with Gasteiger partial charge >= 0.3 is 11.9 Å². The number of hydrogen-bond donors (Lipinski definition) is 3. The van der Waals surface area contributed by atoms with Crippen LogP contribution in [0.2, 0.25) is 0 Å². The zero-order valence-electron chi connectivity index (χ0n) is 9.23. The number of aliphatic hydroxyl groups is 1. The summed E-state index contributed by atoms with van der Waals surface area (Å²) in [6.45, 7) is -0.352. The predicted molar refractivity (Wildman–Crippen MR) is 52.4 cm³/mol. The van der Waals surface area contributed by atoms with Gasteiger partial charge in [0.05, 0.1) is 21.1 Å². The normalized spacial score (nSPS) is 15.7. The monoisotopic (exact) mass is 220 g/mol. The van der Waals surface area contributed by atoms with Crippen molar-refractivity contribution in [2.24, 2.45) is 0 Å². The van der Waals surface area contributed by atoms with Crippen molar-refractivity contribution in [1.82, 2.24) is 0 Å². The maximum absolute atomic E-state index is 11.2. The zero-order valence-corrected chi connectivity index (χ0v) is 9.23. The molecule has 0 amide bonds. The number of hydrogen-bond acceptors (Lipinski definition) is 3. The molecule has 1 atom stereocenters. The number of carboxylic acid groups (broad SMARTS) is 2. The molecule has 88 valence electrons. The molecule has 0 fully saturated rings. The maximum atomic E-state index is 11.2. The Balaban J connectivity index is 5.27. The number of aliphatic carboxylic acids is 2. The van der Waals surface area contributed by atoms with Crippen molar-refractivity contribution >= 4 is 11.9 Å². The highest BCUT2D eigenvalue weighted by Gasteiger charge is 2.51. The summed E-state index contributed by atoms with van der Waals surface area (Å²) in [6.07, 6.45) is -0.593. The Morgan fingerprint density at radius 1 is 1.20 bits per heavy atom. The number of aliphatic hydroxyl groups excluding tert-OH is 1. The van der Waals surface area contributed by atoms with Gasteiger partial charge in [-0.05, 0) is 0 Å². The molecule has 0 aliphatic heterocycles. The minimum Gasteiger partial charge on any atom is -0.481 e. The van der Waals surface area contributed by atoms with Gasteiger partial charge in [0.25, 0.3) is 0 Å². The van der Waals surface area contributed by atoms with Crippen LogP contribution in [0, 0.1) is 0 Å². The van der Waals surface area contributed by atoms with Crippen LogP contribution in [-0.2, 0) is 9.59 Å². The van der Waals surface area contributed by atoms with Crippen LogP contribution in [0.1, 0.15) is 12.8 Å². The van der Waals surface area contributed by atoms with E-state index in [0.29, 0.717) is 0 Å². The molecule has 0 unspecified atom stereocenters. The van der Waals surface area contributed by atoms with Crippen LogP contribution in [0.3, 0.4) is 0 Å². The lowest BCUT2D eigenvalue weighted by molar-refractivity contribution is -0.914. The minimum absolute atomic E-state index is 0.0464. The lowest BCUT2D eigenvalue weighted by Crippen LogP contribution is -2.63. The summed E-state index contributed by atoms with van der Waals surface area (Å²) < 4.78 is -0.0464. The van der Waals surface area contributed by atoms with E-state index in [1.54, 1.807) is 21.1 Å². The highest BCUT2D eigenvalue weighted by atomic mass is 16.4. The van der Waals surface area contributed by atoms with E-state index in [4.69, 9.17) is 15.3 Å². The molecule has 0 aromatic carbocycles. The Bertz CT molecular complexity index is 258. The largest absolute Gasteiger partial charge is 0.481 e. The van der Waals surface area contributed by atoms with Crippen molar-refractivity contribution in [3.63, 3.8) is 0 Å². The summed E-state index contributed by atoms with van der Waals surface area (Å²) in [4.78, 5) is 21.9. The molecule has 0 heterocycles. The Labute approximate surface area is 88.3 Å². The van der Waals surface area contributed by atoms with E-state index in [-0.39, 0.29) is 17.5 Å². The molecule has 3 N–H and O–H groups in total. The van der Waals surface area contributed by atoms with Gasteiger partial charge in [0.1, 0.15) is 6.42 Å². The standard InChI is InChI=1S/C9H17NO5/c1-10(2,3)9(4-5-11,8(14)15)6-7(12)13/h11H,4-6H2,1-3H3,(H-,12,13,14,15)/p+1/t9-/m0/s1. The molecular weight excluding hydrogens is 202 g/mol. The van der Waals surface area contributed by atoms with Crippen LogP contribution in [-0.4, -0.2) is 65.0 Å². The van der Waals surface area contributed by atoms with Gasteiger partial charge in [-0.25, -0.2) is 4.79 Å². The molecule has 0 rings (SSSR count). The van der Waals surface area contributed by atoms with E-state index in [1.807, 2.05) is 0 Å². The predicted octanol–water partition coefficient (Wildman–Crippen LogP) is -0.627. The molecule has 6 heteroatoms. The topological polar surface area (TPSA) is 94.8 Å². The van der Waals surface area contributed by atoms with Crippen molar-refractivity contribution in [3.8, 4) is 0 Å². The number of carboxylic acids is 2. The van der Waals surface area contributed by atoms with Gasteiger partial charge in [-0.3, -0.25) is 4.79 Å². The highest BCUT2D eigenvalue weighted by molar-refractivity contribution is 5.83. The average molecular weight is 220 g/mol. The fourth-order valence-corrected chi connectivity index (χ4v) is 1.57. The Hall–Kier alpha value is -1.14. The van der Waals surface area contributed by atoms with Crippen LogP contribution in [0.25, 0.3) is 0 Å². The second kappa shape index (κ2) is 4.59. The molecule has 0 aliphatic rings. The Morgan fingerprint density at radius 3 is 1.87 bits per heavy atom. The lowest BCUT2D eigenvalue weighted by atomic mass is 9.88. The Kier molecular flexibility index (Phi) is 4.24. The number of nitrogens with zero attached hydrogens (tertiary/aromatic N) is 1. The van der Waals surface area contributed by atoms with Crippen molar-refractivity contribution in [2.45, 2.75) is 18.4 Å². The van der Waals surface area contributed by atoms with Crippen molar-refractivity contribution < 1.29 is 29.4 Å². The fourth-order valence-electron chi connectivity index (χ4n) is 1.57. The van der Waals surface area contributed by atoms with Crippen LogP contribution < -0.4 is 0 Å². The molecule has 6 nitrogen and oxygen atoms in total. The van der Waals surface area contributed by atoms with Gasteiger partial charge in [0.15, 0.2) is 0 Å². The van der Waals surface area contributed by atoms with Gasteiger partial charge in [-0.2, -0.15) is 0 Å². The number of carbonyl (C=O) groups is 2. The third kappa shape index (κ3) is 2.90. The van der Waals surface area contributed by atoms with E-state index >= 15 is 0 Å². The summed E-state index contributed by atoms with van der Waals surface area (Å²) in [5.41, 5.74) is -1.49. The third-order valence-corrected chi connectivity index (χ3v) is 2.65. The SMILES string of the molecule is C[N+](C)(C)[C@@](CCO)(CC(=O)O)C(=O)O. The van der Waals surface area contributed by atoms with Crippen molar-refractivity contribution in [2.75, 3.05) is 27.7 Å². The first-order chi connectivity index (χ1) is 6.67. The average Bonchev–Trinajstić information content (AvgIpc) is 1.99. The first kappa shape index (κ1) is 13.9. The van der Waals surface area contributed by atoms with E-state index in [2.05, 4.69) is 0 Å². The molecule has 0 bridgehead atoms. The molecule has 0 aromatic rings. The number of quaternary nitrogens is 1. The van der Waals surface area contributed by atoms with Gasteiger partial charge < -0.3 is 19.8 Å². The minimum atomic E-state index is -1.49. The van der Waals surface area contributed by atoms with Crippen LogP contribution >= 0.6 is 0 Å². The number of likely N-dealkylation sites (N-methyl/N-ethyl adjacent to an activating group) is 1. The Morgan fingerprint density at radius 2 is 1.67 bits per heavy atom. The van der Waals surface area contributed by atoms with Gasteiger partial charge in [0.2, 0.25) is 5.54 Å². The molecule has 0 radical (unpaired) electrons. The second-order valence-corrected chi connectivity index (χ2v) is 4.39. The smallest absolute Gasteiger partial charge is 0.366 e. The first-order valence-electron chi connectivity index (χ1n) is 4.55. The third-order valence-electron chi connectivity index (χ3n) is 2.65. The van der Waals surface area contributed by atoms with Gasteiger partial charge in [-0.15, -0.1) is 0 Å². The summed E-state index contributed by atoms with van der Waals surface area (Å²) in [6, 6.07) is 0. The van der Waals surface area contributed by atoms with E-state index < -0.39 is 23.9 Å². The van der Waals surface area contributed by atoms with Crippen LogP contribution in [0.4, 0.5) is 0 Å². The quantitative estimate of drug-likeness (QED) is 0.518. The summed E-state index contributed by atoms with van der Waals surface area (Å²) in [7, 11) is 4.81.